The summed E-state index contributed by atoms with van der Waals surface area (Å²) in [5.41, 5.74) is -1.98. The van der Waals surface area contributed by atoms with Gasteiger partial charge < -0.3 is 24.5 Å². The maximum atomic E-state index is 14.1. The molecule has 1 saturated heterocycles. The van der Waals surface area contributed by atoms with Crippen LogP contribution in [-0.4, -0.2) is 42.8 Å². The van der Waals surface area contributed by atoms with Gasteiger partial charge in [0.15, 0.2) is 0 Å². The maximum absolute atomic E-state index is 14.1. The number of urea groups is 1. The summed E-state index contributed by atoms with van der Waals surface area (Å²) in [5.74, 6) is -0.266. The van der Waals surface area contributed by atoms with Crippen molar-refractivity contribution in [1.29, 1.82) is 0 Å². The SMILES string of the molecule is COCC(NC(=O)N1CCC(O)(c2c(F)cccc2F)CC1)c1ccc(C)o1. The second-order valence-electron chi connectivity index (χ2n) is 7.02. The fourth-order valence-electron chi connectivity index (χ4n) is 3.51. The molecule has 0 spiro atoms. The number of hydrogen-bond donors (Lipinski definition) is 2. The molecule has 0 aliphatic carbocycles. The summed E-state index contributed by atoms with van der Waals surface area (Å²) >= 11 is 0. The van der Waals surface area contributed by atoms with Crippen molar-refractivity contribution in [3.63, 3.8) is 0 Å². The van der Waals surface area contributed by atoms with Gasteiger partial charge in [-0.2, -0.15) is 0 Å². The fourth-order valence-corrected chi connectivity index (χ4v) is 3.51. The van der Waals surface area contributed by atoms with Gasteiger partial charge in [0.2, 0.25) is 0 Å². The van der Waals surface area contributed by atoms with Crippen molar-refractivity contribution in [2.75, 3.05) is 26.8 Å². The Hall–Kier alpha value is -2.45. The summed E-state index contributed by atoms with van der Waals surface area (Å²) < 4.78 is 38.9. The number of halogens is 2. The van der Waals surface area contributed by atoms with Gasteiger partial charge in [-0.25, -0.2) is 13.6 Å². The molecule has 28 heavy (non-hydrogen) atoms. The van der Waals surface area contributed by atoms with Gasteiger partial charge in [0.05, 0.1) is 17.8 Å². The van der Waals surface area contributed by atoms with E-state index in [1.54, 1.807) is 12.1 Å². The molecule has 0 radical (unpaired) electrons. The molecule has 2 aromatic rings. The molecule has 2 amide bonds. The number of nitrogens with one attached hydrogen (secondary N) is 1. The van der Waals surface area contributed by atoms with E-state index in [-0.39, 0.29) is 44.1 Å². The Bertz CT molecular complexity index is 811. The highest BCUT2D eigenvalue weighted by Crippen LogP contribution is 2.36. The molecular formula is C20H24F2N2O4. The molecule has 1 aliphatic rings. The Kier molecular flexibility index (Phi) is 6.00. The molecule has 152 valence electrons. The second-order valence-corrected chi connectivity index (χ2v) is 7.02. The van der Waals surface area contributed by atoms with Crippen molar-refractivity contribution >= 4 is 6.03 Å². The standard InChI is InChI=1S/C20H24F2N2O4/c1-13-6-7-17(28-13)16(12-27-2)23-19(25)24-10-8-20(26,9-11-24)18-14(21)4-3-5-15(18)22/h3-7,16,26H,8-12H2,1-2H3,(H,23,25). The summed E-state index contributed by atoms with van der Waals surface area (Å²) in [7, 11) is 1.53. The topological polar surface area (TPSA) is 74.9 Å². The Morgan fingerprint density at radius 3 is 2.46 bits per heavy atom. The number of likely N-dealkylation sites (tertiary alicyclic amines) is 1. The Morgan fingerprint density at radius 2 is 1.93 bits per heavy atom. The van der Waals surface area contributed by atoms with E-state index >= 15 is 0 Å². The van der Waals surface area contributed by atoms with Gasteiger partial charge in [-0.3, -0.25) is 0 Å². The van der Waals surface area contributed by atoms with Crippen molar-refractivity contribution in [2.24, 2.45) is 0 Å². The number of aliphatic hydroxyl groups is 1. The summed E-state index contributed by atoms with van der Waals surface area (Å²) in [6.07, 6.45) is 0.0696. The van der Waals surface area contributed by atoms with E-state index in [1.165, 1.54) is 18.1 Å². The highest BCUT2D eigenvalue weighted by molar-refractivity contribution is 5.74. The number of amides is 2. The smallest absolute Gasteiger partial charge is 0.318 e. The number of methoxy groups -OCH3 is 1. The fraction of sp³-hybridized carbons (Fsp3) is 0.450. The quantitative estimate of drug-likeness (QED) is 0.817. The summed E-state index contributed by atoms with van der Waals surface area (Å²) in [6.45, 7) is 2.36. The van der Waals surface area contributed by atoms with Crippen molar-refractivity contribution < 1.29 is 27.8 Å². The van der Waals surface area contributed by atoms with Crippen LogP contribution in [0, 0.1) is 18.6 Å². The van der Waals surface area contributed by atoms with Crippen molar-refractivity contribution in [3.05, 3.63) is 59.1 Å². The van der Waals surface area contributed by atoms with Gasteiger partial charge in [0, 0.05) is 20.2 Å². The molecule has 1 fully saturated rings. The first-order valence-electron chi connectivity index (χ1n) is 9.11. The van der Waals surface area contributed by atoms with Gasteiger partial charge in [0.25, 0.3) is 0 Å². The lowest BCUT2D eigenvalue weighted by Gasteiger charge is -2.39. The molecule has 2 heterocycles. The molecule has 0 bridgehead atoms. The molecule has 1 aromatic heterocycles. The van der Waals surface area contributed by atoms with E-state index in [1.807, 2.05) is 6.92 Å². The van der Waals surface area contributed by atoms with Crippen LogP contribution in [0.5, 0.6) is 0 Å². The minimum atomic E-state index is -1.64. The van der Waals surface area contributed by atoms with Gasteiger partial charge >= 0.3 is 6.03 Å². The van der Waals surface area contributed by atoms with Crippen molar-refractivity contribution in [1.82, 2.24) is 10.2 Å². The molecule has 1 aliphatic heterocycles. The van der Waals surface area contributed by atoms with E-state index in [2.05, 4.69) is 5.32 Å². The van der Waals surface area contributed by atoms with Crippen LogP contribution < -0.4 is 5.32 Å². The average molecular weight is 394 g/mol. The van der Waals surface area contributed by atoms with Crippen LogP contribution in [0.4, 0.5) is 13.6 Å². The first-order chi connectivity index (χ1) is 13.3. The van der Waals surface area contributed by atoms with Gasteiger partial charge in [-0.15, -0.1) is 0 Å². The molecule has 1 atom stereocenters. The van der Waals surface area contributed by atoms with Crippen LogP contribution in [0.3, 0.4) is 0 Å². The lowest BCUT2D eigenvalue weighted by Crippen LogP contribution is -2.50. The van der Waals surface area contributed by atoms with Crippen LogP contribution in [0.15, 0.2) is 34.7 Å². The molecule has 1 unspecified atom stereocenters. The van der Waals surface area contributed by atoms with Gasteiger partial charge in [-0.1, -0.05) is 6.07 Å². The normalized spacial score (nSPS) is 17.4. The highest BCUT2D eigenvalue weighted by atomic mass is 19.1. The Labute approximate surface area is 162 Å². The molecule has 8 heteroatoms. The third kappa shape index (κ3) is 4.18. The molecule has 2 N–H and O–H groups in total. The first kappa shape index (κ1) is 20.3. The van der Waals surface area contributed by atoms with Crippen molar-refractivity contribution in [2.45, 2.75) is 31.4 Å². The van der Waals surface area contributed by atoms with Gasteiger partial charge in [0.1, 0.15) is 29.2 Å². The summed E-state index contributed by atoms with van der Waals surface area (Å²) in [5, 5.41) is 13.6. The van der Waals surface area contributed by atoms with Crippen LogP contribution in [0.1, 0.15) is 36.0 Å². The largest absolute Gasteiger partial charge is 0.464 e. The van der Waals surface area contributed by atoms with Crippen LogP contribution in [0.25, 0.3) is 0 Å². The monoisotopic (exact) mass is 394 g/mol. The van der Waals surface area contributed by atoms with E-state index in [4.69, 9.17) is 9.15 Å². The number of benzene rings is 1. The predicted octanol–water partition coefficient (Wildman–Crippen LogP) is 3.25. The second kappa shape index (κ2) is 8.28. The number of nitrogens with zero attached hydrogens (tertiary/aromatic N) is 1. The molecule has 3 rings (SSSR count). The number of furan rings is 1. The number of piperidine rings is 1. The number of carbonyl (C=O) groups excluding carboxylic acids is 1. The first-order valence-corrected chi connectivity index (χ1v) is 9.11. The minimum absolute atomic E-state index is 0.0348. The minimum Gasteiger partial charge on any atom is -0.464 e. The van der Waals surface area contributed by atoms with Gasteiger partial charge in [-0.05, 0) is 44.0 Å². The lowest BCUT2D eigenvalue weighted by atomic mass is 9.84. The molecular weight excluding hydrogens is 370 g/mol. The number of ether oxygens (including phenoxy) is 1. The molecule has 1 aromatic carbocycles. The summed E-state index contributed by atoms with van der Waals surface area (Å²) in [6, 6.07) is 6.25. The van der Waals surface area contributed by atoms with E-state index in [0.29, 0.717) is 5.76 Å². The number of rotatable bonds is 5. The van der Waals surface area contributed by atoms with Crippen molar-refractivity contribution in [3.8, 4) is 0 Å². The number of carbonyl (C=O) groups is 1. The summed E-state index contributed by atoms with van der Waals surface area (Å²) in [4.78, 5) is 14.1. The lowest BCUT2D eigenvalue weighted by molar-refractivity contribution is -0.0228. The average Bonchev–Trinajstić information content (AvgIpc) is 3.08. The van der Waals surface area contributed by atoms with E-state index < -0.39 is 23.3 Å². The van der Waals surface area contributed by atoms with E-state index in [0.717, 1.165) is 17.9 Å². The Balaban J connectivity index is 1.66. The predicted molar refractivity (Wildman–Crippen MR) is 97.7 cm³/mol. The zero-order valence-electron chi connectivity index (χ0n) is 15.9. The zero-order valence-corrected chi connectivity index (χ0v) is 15.9. The third-order valence-electron chi connectivity index (χ3n) is 5.04. The van der Waals surface area contributed by atoms with Crippen LogP contribution in [-0.2, 0) is 10.3 Å². The number of hydrogen-bond acceptors (Lipinski definition) is 4. The van der Waals surface area contributed by atoms with E-state index in [9.17, 15) is 18.7 Å². The molecule has 0 saturated carbocycles. The highest BCUT2D eigenvalue weighted by Gasteiger charge is 2.39. The zero-order chi connectivity index (χ0) is 20.3. The molecule has 6 nitrogen and oxygen atoms in total. The van der Waals surface area contributed by atoms with Crippen LogP contribution >= 0.6 is 0 Å². The Morgan fingerprint density at radius 1 is 1.29 bits per heavy atom. The number of aryl methyl sites for hydroxylation is 1. The van der Waals surface area contributed by atoms with Crippen LogP contribution in [0.2, 0.25) is 0 Å². The third-order valence-corrected chi connectivity index (χ3v) is 5.04. The maximum Gasteiger partial charge on any atom is 0.318 e.